The minimum atomic E-state index is -0.439. The van der Waals surface area contributed by atoms with Crippen LogP contribution >= 0.6 is 23.1 Å². The lowest BCUT2D eigenvalue weighted by Gasteiger charge is -2.29. The molecule has 4 heterocycles. The molecule has 0 fully saturated rings. The monoisotopic (exact) mass is 455 g/mol. The molecule has 4 aromatic rings. The molecule has 0 aliphatic carbocycles. The van der Waals surface area contributed by atoms with Gasteiger partial charge in [-0.2, -0.15) is 0 Å². The summed E-state index contributed by atoms with van der Waals surface area (Å²) in [5, 5.41) is 9.78. The third-order valence-corrected chi connectivity index (χ3v) is 7.48. The minimum absolute atomic E-state index is 0.0766. The molecule has 0 radical (unpaired) electrons. The van der Waals surface area contributed by atoms with Gasteiger partial charge in [-0.25, -0.2) is 8.97 Å². The van der Waals surface area contributed by atoms with E-state index >= 15 is 0 Å². The van der Waals surface area contributed by atoms with Crippen LogP contribution in [-0.2, 0) is 22.6 Å². The molecule has 5 rings (SSSR count). The Morgan fingerprint density at radius 1 is 1.29 bits per heavy atom. The summed E-state index contributed by atoms with van der Waals surface area (Å²) in [5.74, 6) is 0.0465. The van der Waals surface area contributed by atoms with Crippen LogP contribution in [0.15, 0.2) is 34.2 Å². The predicted molar refractivity (Wildman–Crippen MR) is 121 cm³/mol. The molecule has 10 heteroatoms. The zero-order valence-electron chi connectivity index (χ0n) is 17.3. The van der Waals surface area contributed by atoms with Crippen molar-refractivity contribution >= 4 is 45.0 Å². The van der Waals surface area contributed by atoms with Gasteiger partial charge >= 0.3 is 0 Å². The Hall–Kier alpha value is -2.69. The molecule has 1 aliphatic heterocycles. The number of carbonyl (C=O) groups is 1. The molecule has 0 bridgehead atoms. The largest absolute Gasteiger partial charge is 0.370 e. The van der Waals surface area contributed by atoms with Gasteiger partial charge in [0.25, 0.3) is 5.56 Å². The lowest BCUT2D eigenvalue weighted by atomic mass is 9.94. The van der Waals surface area contributed by atoms with Crippen molar-refractivity contribution in [1.29, 1.82) is 0 Å². The number of hydrogen-bond donors (Lipinski definition) is 1. The number of thioether (sulfide) groups is 1. The van der Waals surface area contributed by atoms with Crippen molar-refractivity contribution in [3.05, 3.63) is 50.6 Å². The number of fused-ring (bicyclic) bond motifs is 5. The van der Waals surface area contributed by atoms with E-state index in [9.17, 15) is 9.59 Å². The summed E-state index contributed by atoms with van der Waals surface area (Å²) < 4.78 is 9.44. The second-order valence-corrected chi connectivity index (χ2v) is 10.3. The molecule has 160 valence electrons. The SMILES string of the molecule is Cc1ccc(-n2c(=O)c3c4c(sc3n3c(SCC(N)=O)nnc23)COC(C)(C)C4)cc1. The maximum Gasteiger partial charge on any atom is 0.268 e. The van der Waals surface area contributed by atoms with Gasteiger partial charge < -0.3 is 10.5 Å². The normalized spacial score (nSPS) is 15.5. The van der Waals surface area contributed by atoms with Crippen LogP contribution in [0.3, 0.4) is 0 Å². The number of nitrogens with zero attached hydrogens (tertiary/aromatic N) is 4. The van der Waals surface area contributed by atoms with E-state index in [2.05, 4.69) is 10.2 Å². The molecule has 0 saturated heterocycles. The number of aryl methyl sites for hydroxylation is 1. The molecular weight excluding hydrogens is 434 g/mol. The highest BCUT2D eigenvalue weighted by Gasteiger charge is 2.32. The number of primary amides is 1. The Labute approximate surface area is 186 Å². The van der Waals surface area contributed by atoms with Crippen LogP contribution < -0.4 is 11.3 Å². The van der Waals surface area contributed by atoms with E-state index in [1.807, 2.05) is 49.4 Å². The Morgan fingerprint density at radius 2 is 2.03 bits per heavy atom. The number of benzene rings is 1. The molecule has 1 aromatic carbocycles. The first-order valence-corrected chi connectivity index (χ1v) is 11.6. The van der Waals surface area contributed by atoms with Crippen LogP contribution in [0.4, 0.5) is 0 Å². The first-order valence-electron chi connectivity index (χ1n) is 9.82. The molecule has 3 aromatic heterocycles. The van der Waals surface area contributed by atoms with Gasteiger partial charge in [0.15, 0.2) is 5.16 Å². The molecule has 8 nitrogen and oxygen atoms in total. The molecule has 1 amide bonds. The van der Waals surface area contributed by atoms with Crippen LogP contribution in [0.5, 0.6) is 0 Å². The van der Waals surface area contributed by atoms with Crippen LogP contribution in [-0.4, -0.2) is 36.4 Å². The van der Waals surface area contributed by atoms with Gasteiger partial charge in [-0.05, 0) is 38.5 Å². The van der Waals surface area contributed by atoms with Gasteiger partial charge in [0.1, 0.15) is 4.83 Å². The second-order valence-electron chi connectivity index (χ2n) is 8.26. The summed E-state index contributed by atoms with van der Waals surface area (Å²) in [6.45, 7) is 6.52. The number of aromatic nitrogens is 4. The average molecular weight is 456 g/mol. The quantitative estimate of drug-likeness (QED) is 0.475. The van der Waals surface area contributed by atoms with Crippen LogP contribution in [0.2, 0.25) is 0 Å². The van der Waals surface area contributed by atoms with Gasteiger partial charge in [0.2, 0.25) is 11.7 Å². The highest BCUT2D eigenvalue weighted by Crippen LogP contribution is 2.39. The Kier molecular flexibility index (Phi) is 4.68. The van der Waals surface area contributed by atoms with Crippen molar-refractivity contribution < 1.29 is 9.53 Å². The zero-order chi connectivity index (χ0) is 21.9. The first-order chi connectivity index (χ1) is 14.7. The summed E-state index contributed by atoms with van der Waals surface area (Å²) in [6, 6.07) is 7.72. The van der Waals surface area contributed by atoms with Crippen molar-refractivity contribution in [2.24, 2.45) is 5.73 Å². The Morgan fingerprint density at radius 3 is 2.74 bits per heavy atom. The van der Waals surface area contributed by atoms with Gasteiger partial charge in [-0.15, -0.1) is 21.5 Å². The van der Waals surface area contributed by atoms with Crippen molar-refractivity contribution in [3.8, 4) is 5.69 Å². The number of rotatable bonds is 4. The smallest absolute Gasteiger partial charge is 0.268 e. The first kappa shape index (κ1) is 20.2. The fourth-order valence-corrected chi connectivity index (χ4v) is 5.81. The predicted octanol–water partition coefficient (Wildman–Crippen LogP) is 2.83. The topological polar surface area (TPSA) is 105 Å². The van der Waals surface area contributed by atoms with E-state index in [0.29, 0.717) is 35.0 Å². The summed E-state index contributed by atoms with van der Waals surface area (Å²) in [4.78, 5) is 27.0. The fraction of sp³-hybridized carbons (Fsp3) is 0.333. The molecule has 31 heavy (non-hydrogen) atoms. The zero-order valence-corrected chi connectivity index (χ0v) is 19.0. The van der Waals surface area contributed by atoms with Crippen molar-refractivity contribution in [2.75, 3.05) is 5.75 Å². The summed E-state index contributed by atoms with van der Waals surface area (Å²) >= 11 is 2.73. The van der Waals surface area contributed by atoms with E-state index in [-0.39, 0.29) is 16.9 Å². The number of carbonyl (C=O) groups excluding carboxylic acids is 1. The summed E-state index contributed by atoms with van der Waals surface area (Å²) in [5.41, 5.74) is 7.70. The van der Waals surface area contributed by atoms with Crippen molar-refractivity contribution in [3.63, 3.8) is 0 Å². The van der Waals surface area contributed by atoms with Gasteiger partial charge in [0.05, 0.1) is 29.0 Å². The lowest BCUT2D eigenvalue weighted by Crippen LogP contribution is -2.32. The molecule has 0 unspecified atom stereocenters. The van der Waals surface area contributed by atoms with E-state index in [0.717, 1.165) is 20.8 Å². The maximum absolute atomic E-state index is 13.8. The van der Waals surface area contributed by atoms with Gasteiger partial charge in [-0.3, -0.25) is 9.59 Å². The maximum atomic E-state index is 13.8. The lowest BCUT2D eigenvalue weighted by molar-refractivity contribution is -0.115. The average Bonchev–Trinajstić information content (AvgIpc) is 3.28. The number of hydrogen-bond acceptors (Lipinski definition) is 7. The number of amides is 1. The van der Waals surface area contributed by atoms with E-state index in [4.69, 9.17) is 10.5 Å². The van der Waals surface area contributed by atoms with Gasteiger partial charge in [-0.1, -0.05) is 29.5 Å². The number of nitrogens with two attached hydrogens (primary N) is 1. The summed E-state index contributed by atoms with van der Waals surface area (Å²) in [7, 11) is 0. The van der Waals surface area contributed by atoms with Crippen LogP contribution in [0.1, 0.15) is 29.9 Å². The number of thiophene rings is 1. The van der Waals surface area contributed by atoms with Crippen LogP contribution in [0.25, 0.3) is 21.7 Å². The van der Waals surface area contributed by atoms with Crippen LogP contribution in [0, 0.1) is 6.92 Å². The molecule has 0 spiro atoms. The van der Waals surface area contributed by atoms with E-state index in [1.54, 1.807) is 4.57 Å². The van der Waals surface area contributed by atoms with E-state index < -0.39 is 5.91 Å². The third kappa shape index (κ3) is 3.35. The highest BCUT2D eigenvalue weighted by atomic mass is 32.2. The minimum Gasteiger partial charge on any atom is -0.370 e. The highest BCUT2D eigenvalue weighted by molar-refractivity contribution is 7.99. The van der Waals surface area contributed by atoms with Crippen molar-refractivity contribution in [1.82, 2.24) is 19.2 Å². The van der Waals surface area contributed by atoms with Crippen molar-refractivity contribution in [2.45, 2.75) is 44.6 Å². The molecule has 0 atom stereocenters. The van der Waals surface area contributed by atoms with E-state index in [1.165, 1.54) is 23.1 Å². The Bertz CT molecular complexity index is 1400. The van der Waals surface area contributed by atoms with Gasteiger partial charge in [0, 0.05) is 11.3 Å². The number of ether oxygens (including phenoxy) is 1. The standard InChI is InChI=1S/C21H21N5O3S2/c1-11-4-6-12(7-5-11)25-17(28)16-13-8-21(2,3)29-9-14(13)31-18(16)26-19(25)23-24-20(26)30-10-15(22)27/h4-7H,8-10H2,1-3H3,(H2,22,27). The summed E-state index contributed by atoms with van der Waals surface area (Å²) in [6.07, 6.45) is 0.642. The Balaban J connectivity index is 1.87. The molecule has 0 saturated carbocycles. The fourth-order valence-electron chi connectivity index (χ4n) is 3.86. The molecule has 2 N–H and O–H groups in total. The molecule has 1 aliphatic rings. The second kappa shape index (κ2) is 7.18. The third-order valence-electron chi connectivity index (χ3n) is 5.34. The molecular formula is C21H21N5O3S2.